The van der Waals surface area contributed by atoms with Crippen LogP contribution < -0.4 is 10.1 Å². The first-order valence-electron chi connectivity index (χ1n) is 7.21. The first-order valence-corrected chi connectivity index (χ1v) is 8.00. The van der Waals surface area contributed by atoms with E-state index in [1.807, 2.05) is 19.1 Å². The number of rotatable bonds is 2. The normalized spacial score (nSPS) is 11.8. The van der Waals surface area contributed by atoms with Crippen molar-refractivity contribution in [2.45, 2.75) is 13.5 Å². The third-order valence-corrected chi connectivity index (χ3v) is 4.28. The molecule has 124 valence electrons. The highest BCUT2D eigenvalue weighted by Gasteiger charge is 2.25. The van der Waals surface area contributed by atoms with Crippen molar-refractivity contribution in [1.82, 2.24) is 0 Å². The Bertz CT molecular complexity index is 864. The van der Waals surface area contributed by atoms with Crippen molar-refractivity contribution in [1.29, 1.82) is 0 Å². The molecule has 1 aliphatic heterocycles. The fourth-order valence-electron chi connectivity index (χ4n) is 2.85. The van der Waals surface area contributed by atoms with E-state index in [1.54, 1.807) is 6.07 Å². The molecule has 1 aliphatic rings. The van der Waals surface area contributed by atoms with E-state index in [0.717, 1.165) is 22.3 Å². The number of nitrogens with one attached hydrogen (secondary N) is 1. The number of anilines is 1. The average Bonchev–Trinajstić information content (AvgIpc) is 2.53. The van der Waals surface area contributed by atoms with Crippen LogP contribution in [-0.4, -0.2) is 13.2 Å². The van der Waals surface area contributed by atoms with Crippen LogP contribution in [0, 0.1) is 5.82 Å². The van der Waals surface area contributed by atoms with Gasteiger partial charge in [0.2, 0.25) is 0 Å². The van der Waals surface area contributed by atoms with Crippen LogP contribution in [-0.2, 0) is 11.3 Å². The molecule has 0 spiro atoms. The van der Waals surface area contributed by atoms with Gasteiger partial charge in [0, 0.05) is 21.2 Å². The SMILES string of the molecule is C=C(C)c1c(NC(=O)OC)ccc2c1COc1c(F)cc(Br)cc1-2. The molecule has 6 heteroatoms. The van der Waals surface area contributed by atoms with Gasteiger partial charge in [0.25, 0.3) is 0 Å². The van der Waals surface area contributed by atoms with Crippen molar-refractivity contribution in [3.8, 4) is 16.9 Å². The van der Waals surface area contributed by atoms with E-state index >= 15 is 0 Å². The summed E-state index contributed by atoms with van der Waals surface area (Å²) in [5.74, 6) is -0.189. The van der Waals surface area contributed by atoms with Crippen molar-refractivity contribution in [2.75, 3.05) is 12.4 Å². The van der Waals surface area contributed by atoms with Gasteiger partial charge in [-0.15, -0.1) is 0 Å². The van der Waals surface area contributed by atoms with Gasteiger partial charge >= 0.3 is 6.09 Å². The molecular formula is C18H15BrFNO3. The zero-order valence-electron chi connectivity index (χ0n) is 13.2. The van der Waals surface area contributed by atoms with Gasteiger partial charge in [-0.25, -0.2) is 9.18 Å². The average molecular weight is 392 g/mol. The van der Waals surface area contributed by atoms with Gasteiger partial charge in [0.15, 0.2) is 11.6 Å². The number of ether oxygens (including phenoxy) is 2. The van der Waals surface area contributed by atoms with E-state index in [4.69, 9.17) is 4.74 Å². The van der Waals surface area contributed by atoms with Gasteiger partial charge in [-0.2, -0.15) is 0 Å². The summed E-state index contributed by atoms with van der Waals surface area (Å²) in [5, 5.41) is 2.68. The van der Waals surface area contributed by atoms with Crippen LogP contribution in [0.15, 0.2) is 35.3 Å². The second-order valence-electron chi connectivity index (χ2n) is 5.46. The Hall–Kier alpha value is -2.34. The number of amides is 1. The molecule has 24 heavy (non-hydrogen) atoms. The van der Waals surface area contributed by atoms with Crippen molar-refractivity contribution < 1.29 is 18.7 Å². The summed E-state index contributed by atoms with van der Waals surface area (Å²) in [6.07, 6.45) is -0.566. The molecule has 4 nitrogen and oxygen atoms in total. The molecule has 1 N–H and O–H groups in total. The van der Waals surface area contributed by atoms with E-state index in [2.05, 4.69) is 32.6 Å². The highest BCUT2D eigenvalue weighted by molar-refractivity contribution is 9.10. The van der Waals surface area contributed by atoms with Crippen LogP contribution in [0.3, 0.4) is 0 Å². The maximum atomic E-state index is 14.1. The zero-order chi connectivity index (χ0) is 17.4. The molecule has 0 fully saturated rings. The molecule has 1 amide bonds. The summed E-state index contributed by atoms with van der Waals surface area (Å²) in [6.45, 7) is 6.02. The third-order valence-electron chi connectivity index (χ3n) is 3.82. The molecule has 3 rings (SSSR count). The Balaban J connectivity index is 2.22. The number of halogens is 2. The molecule has 0 atom stereocenters. The lowest BCUT2D eigenvalue weighted by molar-refractivity contribution is 0.187. The van der Waals surface area contributed by atoms with Crippen LogP contribution in [0.5, 0.6) is 5.75 Å². The number of carbonyl (C=O) groups excluding carboxylic acids is 1. The molecule has 0 aromatic heterocycles. The van der Waals surface area contributed by atoms with Gasteiger partial charge in [0.05, 0.1) is 12.8 Å². The number of hydrogen-bond acceptors (Lipinski definition) is 3. The molecule has 0 unspecified atom stereocenters. The van der Waals surface area contributed by atoms with Gasteiger partial charge < -0.3 is 9.47 Å². The molecule has 0 aliphatic carbocycles. The molecule has 0 saturated heterocycles. The molecule has 0 radical (unpaired) electrons. The van der Waals surface area contributed by atoms with Crippen molar-refractivity contribution in [2.24, 2.45) is 0 Å². The predicted molar refractivity (Wildman–Crippen MR) is 94.6 cm³/mol. The summed E-state index contributed by atoms with van der Waals surface area (Å²) < 4.78 is 25.1. The lowest BCUT2D eigenvalue weighted by Gasteiger charge is -2.25. The number of carbonyl (C=O) groups is 1. The molecule has 2 aromatic carbocycles. The third kappa shape index (κ3) is 2.78. The Kier molecular flexibility index (Phi) is 4.32. The minimum Gasteiger partial charge on any atom is -0.485 e. The number of hydrogen-bond donors (Lipinski definition) is 1. The molecular weight excluding hydrogens is 377 g/mol. The topological polar surface area (TPSA) is 47.6 Å². The maximum Gasteiger partial charge on any atom is 0.411 e. The highest BCUT2D eigenvalue weighted by atomic mass is 79.9. The van der Waals surface area contributed by atoms with Crippen LogP contribution in [0.25, 0.3) is 16.7 Å². The predicted octanol–water partition coefficient (Wildman–Crippen LogP) is 5.36. The van der Waals surface area contributed by atoms with E-state index < -0.39 is 11.9 Å². The number of fused-ring (bicyclic) bond motifs is 3. The van der Waals surface area contributed by atoms with E-state index in [9.17, 15) is 9.18 Å². The largest absolute Gasteiger partial charge is 0.485 e. The molecule has 0 saturated carbocycles. The van der Waals surface area contributed by atoms with Crippen LogP contribution in [0.1, 0.15) is 18.1 Å². The summed E-state index contributed by atoms with van der Waals surface area (Å²) >= 11 is 3.31. The Labute approximate surface area is 147 Å². The number of benzene rings is 2. The summed E-state index contributed by atoms with van der Waals surface area (Å²) in [6, 6.07) is 6.77. The quantitative estimate of drug-likeness (QED) is 0.749. The highest BCUT2D eigenvalue weighted by Crippen LogP contribution is 2.44. The zero-order valence-corrected chi connectivity index (χ0v) is 14.8. The van der Waals surface area contributed by atoms with Crippen LogP contribution in [0.4, 0.5) is 14.9 Å². The second-order valence-corrected chi connectivity index (χ2v) is 6.38. The molecule has 0 bridgehead atoms. The number of allylic oxidation sites excluding steroid dienone is 1. The smallest absolute Gasteiger partial charge is 0.411 e. The summed E-state index contributed by atoms with van der Waals surface area (Å²) in [5.41, 5.74) is 4.47. The van der Waals surface area contributed by atoms with E-state index in [1.165, 1.54) is 13.2 Å². The van der Waals surface area contributed by atoms with E-state index in [-0.39, 0.29) is 12.4 Å². The number of methoxy groups -OCH3 is 1. The van der Waals surface area contributed by atoms with Gasteiger partial charge in [-0.3, -0.25) is 5.32 Å². The van der Waals surface area contributed by atoms with Crippen LogP contribution in [0.2, 0.25) is 0 Å². The first kappa shape index (κ1) is 16.5. The van der Waals surface area contributed by atoms with Crippen molar-refractivity contribution in [3.05, 3.63) is 52.3 Å². The van der Waals surface area contributed by atoms with Crippen LogP contribution >= 0.6 is 15.9 Å². The lowest BCUT2D eigenvalue weighted by Crippen LogP contribution is -2.15. The van der Waals surface area contributed by atoms with Crippen molar-refractivity contribution >= 4 is 33.3 Å². The monoisotopic (exact) mass is 391 g/mol. The van der Waals surface area contributed by atoms with Gasteiger partial charge in [0.1, 0.15) is 6.61 Å². The fourth-order valence-corrected chi connectivity index (χ4v) is 3.28. The summed E-state index contributed by atoms with van der Waals surface area (Å²) in [7, 11) is 1.30. The van der Waals surface area contributed by atoms with Gasteiger partial charge in [-0.05, 0) is 36.3 Å². The summed E-state index contributed by atoms with van der Waals surface area (Å²) in [4.78, 5) is 11.6. The second kappa shape index (κ2) is 6.28. The van der Waals surface area contributed by atoms with E-state index in [0.29, 0.717) is 15.7 Å². The fraction of sp³-hybridized carbons (Fsp3) is 0.167. The minimum atomic E-state index is -0.566. The maximum absolute atomic E-state index is 14.1. The standard InChI is InChI=1S/C18H15BrFNO3/c1-9(2)16-13-8-24-17-12(6-10(19)7-14(17)20)11(13)4-5-15(16)21-18(22)23-3/h4-7H,1,8H2,2-3H3,(H,21,22). The minimum absolute atomic E-state index is 0.194. The van der Waals surface area contributed by atoms with Crippen molar-refractivity contribution in [3.63, 3.8) is 0 Å². The first-order chi connectivity index (χ1) is 11.4. The Morgan fingerprint density at radius 3 is 2.79 bits per heavy atom. The Morgan fingerprint density at radius 1 is 1.38 bits per heavy atom. The lowest BCUT2D eigenvalue weighted by atomic mass is 9.89. The molecule has 2 aromatic rings. The molecule has 1 heterocycles. The van der Waals surface area contributed by atoms with Gasteiger partial charge in [-0.1, -0.05) is 28.6 Å². The Morgan fingerprint density at radius 2 is 2.12 bits per heavy atom.